The van der Waals surface area contributed by atoms with Crippen LogP contribution in [0.3, 0.4) is 0 Å². The minimum absolute atomic E-state index is 0.172. The van der Waals surface area contributed by atoms with Gasteiger partial charge in [-0.2, -0.15) is 0 Å². The van der Waals surface area contributed by atoms with Gasteiger partial charge in [0.15, 0.2) is 0 Å². The highest BCUT2D eigenvalue weighted by Gasteiger charge is 2.36. The summed E-state index contributed by atoms with van der Waals surface area (Å²) in [6.07, 6.45) is 2.28. The Bertz CT molecular complexity index is 532. The smallest absolute Gasteiger partial charge is 0.302 e. The van der Waals surface area contributed by atoms with Gasteiger partial charge < -0.3 is 14.5 Å². The first-order valence-electron chi connectivity index (χ1n) is 8.39. The first-order valence-corrected chi connectivity index (χ1v) is 8.39. The fourth-order valence-electron chi connectivity index (χ4n) is 3.89. The molecule has 1 fully saturated rings. The van der Waals surface area contributed by atoms with E-state index >= 15 is 0 Å². The normalized spacial score (nSPS) is 25.1. The standard InChI is InChI=1S/C18H26N2O2/c1-3-19-10-9-18(16(12-19)13-22-14(2)21)20-11-8-15-6-4-5-7-17(15)20/h4-7,16,18H,3,8-13H2,1-2H3. The van der Waals surface area contributed by atoms with Gasteiger partial charge in [0.2, 0.25) is 0 Å². The molecular weight excluding hydrogens is 276 g/mol. The Balaban J connectivity index is 1.76. The van der Waals surface area contributed by atoms with Crippen molar-refractivity contribution in [1.29, 1.82) is 0 Å². The number of nitrogens with zero attached hydrogens (tertiary/aromatic N) is 2. The van der Waals surface area contributed by atoms with Crippen LogP contribution in [-0.4, -0.2) is 49.7 Å². The maximum atomic E-state index is 11.2. The maximum absolute atomic E-state index is 11.2. The molecular formula is C18H26N2O2. The summed E-state index contributed by atoms with van der Waals surface area (Å²) in [6.45, 7) is 8.56. The minimum Gasteiger partial charge on any atom is -0.465 e. The van der Waals surface area contributed by atoms with Crippen molar-refractivity contribution < 1.29 is 9.53 Å². The third-order valence-electron chi connectivity index (χ3n) is 5.05. The quantitative estimate of drug-likeness (QED) is 0.799. The largest absolute Gasteiger partial charge is 0.465 e. The zero-order valence-corrected chi connectivity index (χ0v) is 13.6. The molecule has 120 valence electrons. The zero-order valence-electron chi connectivity index (χ0n) is 13.6. The van der Waals surface area contributed by atoms with Crippen molar-refractivity contribution in [2.24, 2.45) is 5.92 Å². The molecule has 1 aromatic rings. The summed E-state index contributed by atoms with van der Waals surface area (Å²) in [4.78, 5) is 16.2. The fourth-order valence-corrected chi connectivity index (χ4v) is 3.89. The van der Waals surface area contributed by atoms with E-state index < -0.39 is 0 Å². The van der Waals surface area contributed by atoms with Gasteiger partial charge in [0.1, 0.15) is 0 Å². The molecule has 2 aliphatic rings. The Morgan fingerprint density at radius 3 is 2.91 bits per heavy atom. The van der Waals surface area contributed by atoms with Gasteiger partial charge in [-0.1, -0.05) is 25.1 Å². The number of carbonyl (C=O) groups is 1. The summed E-state index contributed by atoms with van der Waals surface area (Å²) in [7, 11) is 0. The summed E-state index contributed by atoms with van der Waals surface area (Å²) in [6, 6.07) is 9.19. The van der Waals surface area contributed by atoms with E-state index in [4.69, 9.17) is 4.74 Å². The summed E-state index contributed by atoms with van der Waals surface area (Å²) < 4.78 is 5.36. The molecule has 0 saturated carbocycles. The van der Waals surface area contributed by atoms with Gasteiger partial charge in [-0.15, -0.1) is 0 Å². The molecule has 0 aliphatic carbocycles. The number of esters is 1. The number of hydrogen-bond acceptors (Lipinski definition) is 4. The highest BCUT2D eigenvalue weighted by atomic mass is 16.5. The average Bonchev–Trinajstić information content (AvgIpc) is 2.96. The van der Waals surface area contributed by atoms with Crippen LogP contribution in [0.15, 0.2) is 24.3 Å². The molecule has 0 aromatic heterocycles. The molecule has 3 rings (SSSR count). The Labute approximate surface area is 133 Å². The summed E-state index contributed by atoms with van der Waals surface area (Å²) in [5.74, 6) is 0.220. The number of rotatable bonds is 4. The zero-order chi connectivity index (χ0) is 15.5. The Hall–Kier alpha value is -1.55. The van der Waals surface area contributed by atoms with Crippen LogP contribution < -0.4 is 4.90 Å². The highest BCUT2D eigenvalue weighted by molar-refractivity contribution is 5.66. The van der Waals surface area contributed by atoms with Gasteiger partial charge in [-0.25, -0.2) is 0 Å². The van der Waals surface area contributed by atoms with E-state index in [-0.39, 0.29) is 5.97 Å². The second-order valence-corrected chi connectivity index (χ2v) is 6.38. The van der Waals surface area contributed by atoms with E-state index in [1.807, 2.05) is 0 Å². The van der Waals surface area contributed by atoms with Gasteiger partial charge in [0, 0.05) is 44.2 Å². The van der Waals surface area contributed by atoms with E-state index in [1.54, 1.807) is 0 Å². The van der Waals surface area contributed by atoms with E-state index in [2.05, 4.69) is 41.0 Å². The van der Waals surface area contributed by atoms with Crippen molar-refractivity contribution >= 4 is 11.7 Å². The molecule has 4 heteroatoms. The number of likely N-dealkylation sites (tertiary alicyclic amines) is 1. The molecule has 0 amide bonds. The number of carbonyl (C=O) groups excluding carboxylic acids is 1. The molecule has 2 atom stereocenters. The lowest BCUT2D eigenvalue weighted by Crippen LogP contribution is -2.52. The molecule has 0 spiro atoms. The van der Waals surface area contributed by atoms with Crippen LogP contribution in [0.5, 0.6) is 0 Å². The first-order chi connectivity index (χ1) is 10.7. The number of piperidine rings is 1. The van der Waals surface area contributed by atoms with Gasteiger partial charge >= 0.3 is 5.97 Å². The van der Waals surface area contributed by atoms with Crippen molar-refractivity contribution in [1.82, 2.24) is 4.90 Å². The lowest BCUT2D eigenvalue weighted by molar-refractivity contribution is -0.143. The lowest BCUT2D eigenvalue weighted by atomic mass is 9.91. The van der Waals surface area contributed by atoms with Crippen LogP contribution in [0.1, 0.15) is 25.8 Å². The van der Waals surface area contributed by atoms with Crippen LogP contribution in [0.4, 0.5) is 5.69 Å². The Kier molecular flexibility index (Phi) is 4.67. The number of hydrogen-bond donors (Lipinski definition) is 0. The molecule has 0 N–H and O–H groups in total. The molecule has 0 radical (unpaired) electrons. The van der Waals surface area contributed by atoms with Gasteiger partial charge in [-0.3, -0.25) is 4.79 Å². The summed E-state index contributed by atoms with van der Waals surface area (Å²) >= 11 is 0. The second-order valence-electron chi connectivity index (χ2n) is 6.38. The van der Waals surface area contributed by atoms with E-state index in [1.165, 1.54) is 18.2 Å². The number of fused-ring (bicyclic) bond motifs is 1. The monoisotopic (exact) mass is 302 g/mol. The molecule has 0 bridgehead atoms. The van der Waals surface area contributed by atoms with E-state index in [9.17, 15) is 4.79 Å². The van der Waals surface area contributed by atoms with E-state index in [0.717, 1.165) is 39.0 Å². The predicted molar refractivity (Wildman–Crippen MR) is 88.1 cm³/mol. The second kappa shape index (κ2) is 6.69. The Morgan fingerprint density at radius 1 is 1.32 bits per heavy atom. The molecule has 1 saturated heterocycles. The van der Waals surface area contributed by atoms with Gasteiger partial charge in [0.25, 0.3) is 0 Å². The molecule has 2 heterocycles. The van der Waals surface area contributed by atoms with Crippen molar-refractivity contribution in [2.45, 2.75) is 32.7 Å². The Morgan fingerprint density at radius 2 is 2.14 bits per heavy atom. The van der Waals surface area contributed by atoms with Crippen LogP contribution in [0.2, 0.25) is 0 Å². The topological polar surface area (TPSA) is 32.8 Å². The van der Waals surface area contributed by atoms with Crippen molar-refractivity contribution in [2.75, 3.05) is 37.7 Å². The SMILES string of the molecule is CCN1CCC(N2CCc3ccccc32)C(COC(C)=O)C1. The molecule has 1 aromatic carbocycles. The van der Waals surface area contributed by atoms with Crippen LogP contribution in [-0.2, 0) is 16.0 Å². The van der Waals surface area contributed by atoms with E-state index in [0.29, 0.717) is 18.6 Å². The number of para-hydroxylation sites is 1. The maximum Gasteiger partial charge on any atom is 0.302 e. The minimum atomic E-state index is -0.172. The number of ether oxygens (including phenoxy) is 1. The van der Waals surface area contributed by atoms with Gasteiger partial charge in [0.05, 0.1) is 6.61 Å². The first kappa shape index (κ1) is 15.3. The average molecular weight is 302 g/mol. The highest BCUT2D eigenvalue weighted by Crippen LogP contribution is 2.34. The summed E-state index contributed by atoms with van der Waals surface area (Å²) in [5, 5.41) is 0. The fraction of sp³-hybridized carbons (Fsp3) is 0.611. The molecule has 4 nitrogen and oxygen atoms in total. The molecule has 2 unspecified atom stereocenters. The van der Waals surface area contributed by atoms with Crippen molar-refractivity contribution in [3.8, 4) is 0 Å². The molecule has 2 aliphatic heterocycles. The number of anilines is 1. The lowest BCUT2D eigenvalue weighted by Gasteiger charge is -2.43. The molecule has 22 heavy (non-hydrogen) atoms. The van der Waals surface area contributed by atoms with Crippen molar-refractivity contribution in [3.63, 3.8) is 0 Å². The summed E-state index contributed by atoms with van der Waals surface area (Å²) in [5.41, 5.74) is 2.83. The number of benzene rings is 1. The van der Waals surface area contributed by atoms with Gasteiger partial charge in [-0.05, 0) is 31.0 Å². The van der Waals surface area contributed by atoms with Crippen LogP contribution >= 0.6 is 0 Å². The van der Waals surface area contributed by atoms with Crippen molar-refractivity contribution in [3.05, 3.63) is 29.8 Å². The third kappa shape index (κ3) is 3.12. The predicted octanol–water partition coefficient (Wildman–Crippen LogP) is 2.32. The van der Waals surface area contributed by atoms with Crippen LogP contribution in [0, 0.1) is 5.92 Å². The van der Waals surface area contributed by atoms with Crippen LogP contribution in [0.25, 0.3) is 0 Å². The third-order valence-corrected chi connectivity index (χ3v) is 5.05.